The Morgan fingerprint density at radius 1 is 1.13 bits per heavy atom. The maximum atomic E-state index is 6.11. The second kappa shape index (κ2) is 9.10. The summed E-state index contributed by atoms with van der Waals surface area (Å²) in [6, 6.07) is 7.57. The third-order valence-corrected chi connectivity index (χ3v) is 4.79. The van der Waals surface area contributed by atoms with Gasteiger partial charge in [-0.15, -0.1) is 5.10 Å². The zero-order chi connectivity index (χ0) is 20.9. The molecular weight excluding hydrogens is 384 g/mol. The van der Waals surface area contributed by atoms with Gasteiger partial charge in [0.25, 0.3) is 0 Å². The fraction of sp³-hybridized carbons (Fsp3) is 0.381. The number of methoxy groups -OCH3 is 1. The van der Waals surface area contributed by atoms with Crippen molar-refractivity contribution < 1.29 is 13.9 Å². The summed E-state index contributed by atoms with van der Waals surface area (Å²) in [5, 5.41) is 5.52. The van der Waals surface area contributed by atoms with Crippen LogP contribution in [0.25, 0.3) is 28.1 Å². The average Bonchev–Trinajstić information content (AvgIpc) is 3.51. The molecule has 1 aliphatic heterocycles. The number of imidazole rings is 1. The highest BCUT2D eigenvalue weighted by atomic mass is 16.5. The van der Waals surface area contributed by atoms with Crippen LogP contribution >= 0.6 is 0 Å². The van der Waals surface area contributed by atoms with Gasteiger partial charge in [0.2, 0.25) is 5.88 Å². The number of hydrogen-bond acceptors (Lipinski definition) is 8. The van der Waals surface area contributed by atoms with Crippen LogP contribution in [0.5, 0.6) is 5.88 Å². The number of ether oxygens (including phenoxy) is 2. The van der Waals surface area contributed by atoms with Gasteiger partial charge in [0.05, 0.1) is 11.6 Å². The molecule has 4 aromatic rings. The van der Waals surface area contributed by atoms with Gasteiger partial charge in [0, 0.05) is 46.1 Å². The maximum Gasteiger partial charge on any atom is 0.231 e. The first-order chi connectivity index (χ1) is 14.7. The standard InChI is InChI=1S/C19H20N6O2.C2H6O/c20-6-10-26-18-4-3-17-22-12-14(25(17)23-18)16-11-13-15(27-16)5-7-21-19(13)24-8-1-2-9-24;1-3-2/h3-5,7,11-12H,1-2,6,8-10,20H2;1-2H3. The highest BCUT2D eigenvalue weighted by Crippen LogP contribution is 2.34. The van der Waals surface area contributed by atoms with Gasteiger partial charge in [-0.2, -0.15) is 0 Å². The molecule has 5 heterocycles. The monoisotopic (exact) mass is 410 g/mol. The Morgan fingerprint density at radius 2 is 1.93 bits per heavy atom. The molecule has 1 fully saturated rings. The van der Waals surface area contributed by atoms with Crippen LogP contribution in [0.3, 0.4) is 0 Å². The Hall–Kier alpha value is -3.17. The number of nitrogens with zero attached hydrogens (tertiary/aromatic N) is 5. The van der Waals surface area contributed by atoms with E-state index < -0.39 is 0 Å². The van der Waals surface area contributed by atoms with Gasteiger partial charge in [0.15, 0.2) is 11.4 Å². The van der Waals surface area contributed by atoms with E-state index in [9.17, 15) is 0 Å². The lowest BCUT2D eigenvalue weighted by Crippen LogP contribution is -2.18. The van der Waals surface area contributed by atoms with Gasteiger partial charge < -0.3 is 24.5 Å². The van der Waals surface area contributed by atoms with E-state index in [2.05, 4.69) is 24.7 Å². The highest BCUT2D eigenvalue weighted by molar-refractivity contribution is 5.92. The third kappa shape index (κ3) is 3.94. The second-order valence-electron chi connectivity index (χ2n) is 6.98. The SMILES string of the molecule is COC.NCCOc1ccc2ncc(-c3cc4c(N5CCCC5)nccc4o3)n2n1. The first kappa shape index (κ1) is 20.1. The summed E-state index contributed by atoms with van der Waals surface area (Å²) in [7, 11) is 3.25. The predicted molar refractivity (Wildman–Crippen MR) is 115 cm³/mol. The van der Waals surface area contributed by atoms with Crippen molar-refractivity contribution in [3.63, 3.8) is 0 Å². The Kier molecular flexibility index (Phi) is 6.10. The number of pyridine rings is 1. The van der Waals surface area contributed by atoms with E-state index in [0.717, 1.165) is 41.2 Å². The molecule has 0 radical (unpaired) electrons. The van der Waals surface area contributed by atoms with Crippen LogP contribution < -0.4 is 15.4 Å². The van der Waals surface area contributed by atoms with Gasteiger partial charge in [-0.25, -0.2) is 14.5 Å². The van der Waals surface area contributed by atoms with Gasteiger partial charge in [-0.05, 0) is 31.0 Å². The molecule has 4 aromatic heterocycles. The van der Waals surface area contributed by atoms with Crippen LogP contribution in [-0.4, -0.2) is 60.0 Å². The summed E-state index contributed by atoms with van der Waals surface area (Å²) in [5.41, 5.74) is 7.81. The summed E-state index contributed by atoms with van der Waals surface area (Å²) in [4.78, 5) is 11.3. The quantitative estimate of drug-likeness (QED) is 0.536. The minimum atomic E-state index is 0.415. The molecule has 0 bridgehead atoms. The molecule has 0 amide bonds. The normalized spacial score (nSPS) is 13.6. The molecule has 30 heavy (non-hydrogen) atoms. The van der Waals surface area contributed by atoms with Crippen LogP contribution in [-0.2, 0) is 4.74 Å². The number of anilines is 1. The van der Waals surface area contributed by atoms with Gasteiger partial charge in [0.1, 0.15) is 23.7 Å². The summed E-state index contributed by atoms with van der Waals surface area (Å²) < 4.78 is 17.6. The minimum absolute atomic E-state index is 0.415. The zero-order valence-corrected chi connectivity index (χ0v) is 17.2. The van der Waals surface area contributed by atoms with Crippen LogP contribution in [0.1, 0.15) is 12.8 Å². The number of furan rings is 1. The third-order valence-electron chi connectivity index (χ3n) is 4.79. The minimum Gasteiger partial charge on any atom is -0.475 e. The Bertz CT molecular complexity index is 1120. The van der Waals surface area contributed by atoms with Crippen molar-refractivity contribution >= 4 is 22.4 Å². The Balaban J connectivity index is 0.000000687. The first-order valence-corrected chi connectivity index (χ1v) is 9.97. The molecule has 0 aliphatic carbocycles. The van der Waals surface area contributed by atoms with Crippen molar-refractivity contribution in [2.75, 3.05) is 45.4 Å². The van der Waals surface area contributed by atoms with Crippen molar-refractivity contribution in [3.05, 3.63) is 36.7 Å². The van der Waals surface area contributed by atoms with Crippen LogP contribution in [0.15, 0.2) is 41.1 Å². The molecule has 0 aromatic carbocycles. The number of aromatic nitrogens is 4. The lowest BCUT2D eigenvalue weighted by molar-refractivity contribution is 0.277. The number of fused-ring (bicyclic) bond motifs is 2. The molecule has 5 rings (SSSR count). The molecule has 9 nitrogen and oxygen atoms in total. The molecule has 0 saturated carbocycles. The fourth-order valence-electron chi connectivity index (χ4n) is 3.52. The van der Waals surface area contributed by atoms with Crippen molar-refractivity contribution in [3.8, 4) is 17.3 Å². The van der Waals surface area contributed by atoms with Crippen molar-refractivity contribution in [1.29, 1.82) is 0 Å². The highest BCUT2D eigenvalue weighted by Gasteiger charge is 2.20. The first-order valence-electron chi connectivity index (χ1n) is 9.97. The van der Waals surface area contributed by atoms with Crippen LogP contribution in [0, 0.1) is 0 Å². The molecule has 0 atom stereocenters. The molecule has 2 N–H and O–H groups in total. The van der Waals surface area contributed by atoms with E-state index in [1.165, 1.54) is 12.8 Å². The van der Waals surface area contributed by atoms with E-state index in [1.807, 2.05) is 18.2 Å². The molecule has 0 spiro atoms. The van der Waals surface area contributed by atoms with E-state index in [1.54, 1.807) is 37.2 Å². The number of hydrogen-bond donors (Lipinski definition) is 1. The Labute approximate surface area is 174 Å². The van der Waals surface area contributed by atoms with Crippen molar-refractivity contribution in [1.82, 2.24) is 19.6 Å². The summed E-state index contributed by atoms with van der Waals surface area (Å²) >= 11 is 0. The van der Waals surface area contributed by atoms with Gasteiger partial charge in [-0.1, -0.05) is 0 Å². The second-order valence-corrected chi connectivity index (χ2v) is 6.98. The van der Waals surface area contributed by atoms with Crippen LogP contribution in [0.4, 0.5) is 5.82 Å². The van der Waals surface area contributed by atoms with Gasteiger partial charge >= 0.3 is 0 Å². The molecular formula is C21H26N6O3. The van der Waals surface area contributed by atoms with Crippen LogP contribution in [0.2, 0.25) is 0 Å². The molecule has 1 saturated heterocycles. The van der Waals surface area contributed by atoms with E-state index in [0.29, 0.717) is 24.8 Å². The van der Waals surface area contributed by atoms with E-state index >= 15 is 0 Å². The van der Waals surface area contributed by atoms with Gasteiger partial charge in [-0.3, -0.25) is 0 Å². The topological polar surface area (TPSA) is 104 Å². The Morgan fingerprint density at radius 3 is 2.70 bits per heavy atom. The van der Waals surface area contributed by atoms with Crippen molar-refractivity contribution in [2.45, 2.75) is 12.8 Å². The largest absolute Gasteiger partial charge is 0.475 e. The maximum absolute atomic E-state index is 6.11. The lowest BCUT2D eigenvalue weighted by Gasteiger charge is -2.16. The van der Waals surface area contributed by atoms with Crippen molar-refractivity contribution in [2.24, 2.45) is 5.73 Å². The molecule has 0 unspecified atom stereocenters. The van der Waals surface area contributed by atoms with E-state index in [-0.39, 0.29) is 0 Å². The number of rotatable bonds is 5. The molecule has 1 aliphatic rings. The summed E-state index contributed by atoms with van der Waals surface area (Å²) in [5.74, 6) is 2.19. The van der Waals surface area contributed by atoms with E-state index in [4.69, 9.17) is 14.9 Å². The fourth-order valence-corrected chi connectivity index (χ4v) is 3.52. The molecule has 9 heteroatoms. The average molecular weight is 410 g/mol. The lowest BCUT2D eigenvalue weighted by atomic mass is 10.2. The summed E-state index contributed by atoms with van der Waals surface area (Å²) in [6.07, 6.45) is 5.96. The number of nitrogens with two attached hydrogens (primary N) is 1. The predicted octanol–water partition coefficient (Wildman–Crippen LogP) is 2.74. The smallest absolute Gasteiger partial charge is 0.231 e. The summed E-state index contributed by atoms with van der Waals surface area (Å²) in [6.45, 7) is 2.92. The molecule has 158 valence electrons. The zero-order valence-electron chi connectivity index (χ0n) is 17.2.